The van der Waals surface area contributed by atoms with Crippen LogP contribution in [0.15, 0.2) is 48.5 Å². The molecule has 2 aromatic carbocycles. The Hall–Kier alpha value is -3.02. The fourth-order valence-electron chi connectivity index (χ4n) is 2.53. The molecule has 0 fully saturated rings. The third-order valence-corrected chi connectivity index (χ3v) is 3.76. The number of ether oxygens (including phenoxy) is 2. The van der Waals surface area contributed by atoms with Crippen LogP contribution in [0.4, 0.5) is 0 Å². The average molecular weight is 340 g/mol. The van der Waals surface area contributed by atoms with E-state index in [1.165, 1.54) is 0 Å². The summed E-state index contributed by atoms with van der Waals surface area (Å²) in [5.74, 6) is 0.631. The summed E-state index contributed by atoms with van der Waals surface area (Å²) in [5.41, 5.74) is 0.959. The minimum absolute atomic E-state index is 0.226. The van der Waals surface area contributed by atoms with E-state index in [4.69, 9.17) is 9.47 Å². The van der Waals surface area contributed by atoms with Gasteiger partial charge in [-0.2, -0.15) is 0 Å². The van der Waals surface area contributed by atoms with Crippen molar-refractivity contribution in [2.45, 2.75) is 6.42 Å². The molecule has 2 N–H and O–H groups in total. The largest absolute Gasteiger partial charge is 0.493 e. The van der Waals surface area contributed by atoms with Crippen LogP contribution >= 0.6 is 0 Å². The molecule has 0 saturated carbocycles. The molecule has 0 bridgehead atoms. The van der Waals surface area contributed by atoms with Crippen molar-refractivity contribution in [1.82, 2.24) is 10.6 Å². The maximum atomic E-state index is 12.3. The van der Waals surface area contributed by atoms with Crippen LogP contribution in [-0.4, -0.2) is 38.1 Å². The number of carbonyl (C=O) groups excluding carboxylic acids is 2. The molecule has 0 aromatic heterocycles. The lowest BCUT2D eigenvalue weighted by atomic mass is 10.2. The summed E-state index contributed by atoms with van der Waals surface area (Å²) in [5, 5.41) is 5.58. The monoisotopic (exact) mass is 340 g/mol. The second-order valence-electron chi connectivity index (χ2n) is 5.55. The molecule has 0 spiro atoms. The summed E-state index contributed by atoms with van der Waals surface area (Å²) in [4.78, 5) is 24.6. The Kier molecular flexibility index (Phi) is 5.51. The third kappa shape index (κ3) is 4.29. The molecular formula is C19H20N2O4. The molecule has 1 aliphatic heterocycles. The Morgan fingerprint density at radius 1 is 0.680 bits per heavy atom. The zero-order valence-electron chi connectivity index (χ0n) is 13.8. The topological polar surface area (TPSA) is 76.7 Å². The smallest absolute Gasteiger partial charge is 0.255 e. The van der Waals surface area contributed by atoms with Gasteiger partial charge < -0.3 is 20.1 Å². The summed E-state index contributed by atoms with van der Waals surface area (Å²) in [6, 6.07) is 14.2. The molecule has 25 heavy (non-hydrogen) atoms. The van der Waals surface area contributed by atoms with Crippen molar-refractivity contribution in [2.24, 2.45) is 0 Å². The summed E-state index contributed by atoms with van der Waals surface area (Å²) < 4.78 is 11.4. The van der Waals surface area contributed by atoms with Gasteiger partial charge in [0.15, 0.2) is 0 Å². The highest BCUT2D eigenvalue weighted by molar-refractivity contribution is 5.98. The Morgan fingerprint density at radius 2 is 1.12 bits per heavy atom. The zero-order valence-corrected chi connectivity index (χ0v) is 13.8. The summed E-state index contributed by atoms with van der Waals surface area (Å²) in [6.45, 7) is 1.47. The second kappa shape index (κ2) is 8.19. The molecule has 0 saturated heterocycles. The maximum Gasteiger partial charge on any atom is 0.255 e. The maximum absolute atomic E-state index is 12.3. The van der Waals surface area contributed by atoms with Crippen molar-refractivity contribution in [1.29, 1.82) is 0 Å². The molecule has 2 amide bonds. The number of para-hydroxylation sites is 2. The molecule has 0 unspecified atom stereocenters. The van der Waals surface area contributed by atoms with E-state index >= 15 is 0 Å². The normalized spacial score (nSPS) is 15.8. The van der Waals surface area contributed by atoms with Gasteiger partial charge in [0.25, 0.3) is 11.8 Å². The first-order valence-electron chi connectivity index (χ1n) is 8.26. The van der Waals surface area contributed by atoms with Gasteiger partial charge in [0.2, 0.25) is 0 Å². The minimum atomic E-state index is -0.226. The molecule has 2 aromatic rings. The van der Waals surface area contributed by atoms with Gasteiger partial charge in [0.1, 0.15) is 11.5 Å². The van der Waals surface area contributed by atoms with Crippen LogP contribution in [0.5, 0.6) is 11.5 Å². The van der Waals surface area contributed by atoms with Crippen LogP contribution < -0.4 is 20.1 Å². The molecule has 6 nitrogen and oxygen atoms in total. The SMILES string of the molecule is O=C1NCCNC(=O)c2ccccc2OCCCOc2ccccc21. The first-order valence-corrected chi connectivity index (χ1v) is 8.26. The van der Waals surface area contributed by atoms with Gasteiger partial charge in [-0.05, 0) is 24.3 Å². The van der Waals surface area contributed by atoms with Crippen LogP contribution in [0.2, 0.25) is 0 Å². The van der Waals surface area contributed by atoms with Crippen molar-refractivity contribution in [3.05, 3.63) is 59.7 Å². The molecule has 1 aliphatic rings. The highest BCUT2D eigenvalue weighted by Crippen LogP contribution is 2.20. The molecule has 0 radical (unpaired) electrons. The van der Waals surface area contributed by atoms with E-state index in [-0.39, 0.29) is 11.8 Å². The second-order valence-corrected chi connectivity index (χ2v) is 5.55. The van der Waals surface area contributed by atoms with Crippen LogP contribution in [0.3, 0.4) is 0 Å². The predicted molar refractivity (Wildman–Crippen MR) is 93.2 cm³/mol. The Morgan fingerprint density at radius 3 is 1.60 bits per heavy atom. The number of amides is 2. The molecule has 0 aliphatic carbocycles. The fraction of sp³-hybridized carbons (Fsp3) is 0.263. The lowest BCUT2D eigenvalue weighted by molar-refractivity contribution is 0.0924. The van der Waals surface area contributed by atoms with Crippen molar-refractivity contribution < 1.29 is 19.1 Å². The molecule has 6 heteroatoms. The molecule has 1 heterocycles. The number of hydrogen-bond acceptors (Lipinski definition) is 4. The lowest BCUT2D eigenvalue weighted by Gasteiger charge is -2.12. The van der Waals surface area contributed by atoms with Crippen molar-refractivity contribution in [3.63, 3.8) is 0 Å². The molecule has 3 rings (SSSR count). The van der Waals surface area contributed by atoms with E-state index in [0.717, 1.165) is 0 Å². The van der Waals surface area contributed by atoms with Gasteiger partial charge in [0.05, 0.1) is 24.3 Å². The van der Waals surface area contributed by atoms with Gasteiger partial charge in [-0.1, -0.05) is 24.3 Å². The first-order chi connectivity index (χ1) is 12.3. The van der Waals surface area contributed by atoms with Gasteiger partial charge >= 0.3 is 0 Å². The minimum Gasteiger partial charge on any atom is -0.493 e. The van der Waals surface area contributed by atoms with E-state index in [0.29, 0.717) is 55.4 Å². The number of rotatable bonds is 0. The van der Waals surface area contributed by atoms with Crippen molar-refractivity contribution in [3.8, 4) is 11.5 Å². The average Bonchev–Trinajstić information content (AvgIpc) is 2.65. The first kappa shape index (κ1) is 16.8. The van der Waals surface area contributed by atoms with E-state index in [2.05, 4.69) is 10.6 Å². The Bertz CT molecular complexity index is 697. The van der Waals surface area contributed by atoms with Gasteiger partial charge in [-0.3, -0.25) is 9.59 Å². The fourth-order valence-corrected chi connectivity index (χ4v) is 2.53. The Balaban J connectivity index is 1.76. The van der Waals surface area contributed by atoms with E-state index in [1.54, 1.807) is 36.4 Å². The lowest BCUT2D eigenvalue weighted by Crippen LogP contribution is -2.34. The van der Waals surface area contributed by atoms with Crippen LogP contribution in [0.25, 0.3) is 0 Å². The van der Waals surface area contributed by atoms with Crippen LogP contribution in [0.1, 0.15) is 27.1 Å². The van der Waals surface area contributed by atoms with Crippen LogP contribution in [-0.2, 0) is 0 Å². The number of fused-ring (bicyclic) bond motifs is 2. The zero-order chi connectivity index (χ0) is 17.5. The quantitative estimate of drug-likeness (QED) is 0.769. The van der Waals surface area contributed by atoms with Crippen molar-refractivity contribution >= 4 is 11.8 Å². The summed E-state index contributed by atoms with van der Waals surface area (Å²) in [6.07, 6.45) is 0.631. The van der Waals surface area contributed by atoms with E-state index in [1.807, 2.05) is 12.1 Å². The van der Waals surface area contributed by atoms with Gasteiger partial charge in [-0.15, -0.1) is 0 Å². The van der Waals surface area contributed by atoms with Crippen LogP contribution in [0, 0.1) is 0 Å². The molecular weight excluding hydrogens is 320 g/mol. The van der Waals surface area contributed by atoms with Crippen molar-refractivity contribution in [2.75, 3.05) is 26.3 Å². The summed E-state index contributed by atoms with van der Waals surface area (Å²) >= 11 is 0. The highest BCUT2D eigenvalue weighted by atomic mass is 16.5. The van der Waals surface area contributed by atoms with E-state index < -0.39 is 0 Å². The van der Waals surface area contributed by atoms with E-state index in [9.17, 15) is 9.59 Å². The third-order valence-electron chi connectivity index (χ3n) is 3.76. The number of nitrogens with one attached hydrogen (secondary N) is 2. The predicted octanol–water partition coefficient (Wildman–Crippen LogP) is 2.01. The number of benzene rings is 2. The molecule has 130 valence electrons. The van der Waals surface area contributed by atoms with Gasteiger partial charge in [-0.25, -0.2) is 0 Å². The summed E-state index contributed by atoms with van der Waals surface area (Å²) in [7, 11) is 0. The highest BCUT2D eigenvalue weighted by Gasteiger charge is 2.14. The molecule has 0 atom stereocenters. The Labute approximate surface area is 146 Å². The standard InChI is InChI=1S/C19H20N2O4/c22-18-14-6-1-3-8-16(14)24-12-5-13-25-17-9-4-2-7-15(17)19(23)21-11-10-20-18/h1-4,6-9H,5,10-13H2,(H,20,22)(H,21,23). The number of carbonyl (C=O) groups is 2. The van der Waals surface area contributed by atoms with Gasteiger partial charge in [0, 0.05) is 19.5 Å². The number of hydrogen-bond donors (Lipinski definition) is 2.